The number of nitrogens with zero attached hydrogens (tertiary/aromatic N) is 1. The average Bonchev–Trinajstić information content (AvgIpc) is 2.92. The van der Waals surface area contributed by atoms with Crippen molar-refractivity contribution >= 4 is 0 Å². The van der Waals surface area contributed by atoms with Crippen LogP contribution in [0.25, 0.3) is 0 Å². The lowest BCUT2D eigenvalue weighted by Crippen LogP contribution is -2.51. The summed E-state index contributed by atoms with van der Waals surface area (Å²) in [6.45, 7) is 7.17. The zero-order valence-electron chi connectivity index (χ0n) is 13.2. The van der Waals surface area contributed by atoms with Crippen LogP contribution in [0.1, 0.15) is 64.7 Å². The fourth-order valence-electron chi connectivity index (χ4n) is 4.52. The number of hydrogen-bond donors (Lipinski definition) is 1. The van der Waals surface area contributed by atoms with Crippen molar-refractivity contribution in [1.29, 1.82) is 0 Å². The molecule has 0 aromatic carbocycles. The average molecular weight is 280 g/mol. The van der Waals surface area contributed by atoms with Crippen molar-refractivity contribution in [1.82, 2.24) is 10.2 Å². The second-order valence-electron chi connectivity index (χ2n) is 7.36. The van der Waals surface area contributed by atoms with Crippen LogP contribution in [0.2, 0.25) is 0 Å². The molecule has 0 aromatic rings. The number of nitrogens with one attached hydrogen (secondary N) is 1. The van der Waals surface area contributed by atoms with Crippen LogP contribution < -0.4 is 5.32 Å². The maximum Gasteiger partial charge on any atom is 0.0697 e. The molecule has 2 saturated heterocycles. The highest BCUT2D eigenvalue weighted by Gasteiger charge is 2.38. The van der Waals surface area contributed by atoms with Crippen molar-refractivity contribution in [2.75, 3.05) is 26.2 Å². The van der Waals surface area contributed by atoms with Crippen LogP contribution in [0.15, 0.2) is 0 Å². The highest BCUT2D eigenvalue weighted by Crippen LogP contribution is 2.38. The summed E-state index contributed by atoms with van der Waals surface area (Å²) in [4.78, 5) is 2.62. The lowest BCUT2D eigenvalue weighted by Gasteiger charge is -2.44. The van der Waals surface area contributed by atoms with Gasteiger partial charge >= 0.3 is 0 Å². The van der Waals surface area contributed by atoms with E-state index in [0.29, 0.717) is 12.1 Å². The van der Waals surface area contributed by atoms with E-state index in [4.69, 9.17) is 4.74 Å². The van der Waals surface area contributed by atoms with Crippen LogP contribution in [0.3, 0.4) is 0 Å². The lowest BCUT2D eigenvalue weighted by atomic mass is 9.78. The highest BCUT2D eigenvalue weighted by molar-refractivity contribution is 4.93. The molecule has 2 heterocycles. The molecule has 0 aromatic heterocycles. The third-order valence-electron chi connectivity index (χ3n) is 5.51. The molecule has 3 fully saturated rings. The highest BCUT2D eigenvalue weighted by atomic mass is 16.5. The van der Waals surface area contributed by atoms with Crippen molar-refractivity contribution in [2.45, 2.75) is 82.4 Å². The van der Waals surface area contributed by atoms with Gasteiger partial charge in [0.25, 0.3) is 0 Å². The molecule has 3 nitrogen and oxygen atoms in total. The van der Waals surface area contributed by atoms with E-state index < -0.39 is 0 Å². The van der Waals surface area contributed by atoms with Gasteiger partial charge in [-0.3, -0.25) is 0 Å². The zero-order valence-corrected chi connectivity index (χ0v) is 13.2. The van der Waals surface area contributed by atoms with Crippen molar-refractivity contribution in [2.24, 2.45) is 0 Å². The number of ether oxygens (including phenoxy) is 1. The molecule has 1 spiro atoms. The van der Waals surface area contributed by atoms with Gasteiger partial charge in [0.05, 0.1) is 5.60 Å². The van der Waals surface area contributed by atoms with Crippen LogP contribution in [-0.4, -0.2) is 48.8 Å². The second kappa shape index (κ2) is 6.76. The van der Waals surface area contributed by atoms with Crippen LogP contribution in [-0.2, 0) is 4.74 Å². The van der Waals surface area contributed by atoms with E-state index in [1.54, 1.807) is 0 Å². The third kappa shape index (κ3) is 3.75. The molecule has 2 unspecified atom stereocenters. The third-order valence-corrected chi connectivity index (χ3v) is 5.51. The standard InChI is InChI=1S/C17H32N2O/c1-15(14-19-10-5-6-11-19)18-16-7-12-20-17(13-16)8-3-2-4-9-17/h15-16,18H,2-14H2,1H3. The summed E-state index contributed by atoms with van der Waals surface area (Å²) < 4.78 is 6.20. The predicted molar refractivity (Wildman–Crippen MR) is 83.1 cm³/mol. The van der Waals surface area contributed by atoms with E-state index in [2.05, 4.69) is 17.1 Å². The van der Waals surface area contributed by atoms with Crippen molar-refractivity contribution in [3.05, 3.63) is 0 Å². The van der Waals surface area contributed by atoms with Crippen LogP contribution >= 0.6 is 0 Å². The van der Waals surface area contributed by atoms with Crippen LogP contribution in [0.5, 0.6) is 0 Å². The van der Waals surface area contributed by atoms with E-state index in [9.17, 15) is 0 Å². The first-order valence-corrected chi connectivity index (χ1v) is 8.88. The van der Waals surface area contributed by atoms with Crippen molar-refractivity contribution in [3.8, 4) is 0 Å². The Balaban J connectivity index is 1.46. The first-order valence-electron chi connectivity index (χ1n) is 8.88. The minimum Gasteiger partial charge on any atom is -0.375 e. The summed E-state index contributed by atoms with van der Waals surface area (Å²) >= 11 is 0. The lowest BCUT2D eigenvalue weighted by molar-refractivity contribution is -0.110. The molecule has 3 aliphatic rings. The SMILES string of the molecule is CC(CN1CCCC1)NC1CCOC2(CCCCC2)C1. The summed E-state index contributed by atoms with van der Waals surface area (Å²) in [5.74, 6) is 0. The van der Waals surface area contributed by atoms with Gasteiger partial charge in [0.15, 0.2) is 0 Å². The topological polar surface area (TPSA) is 24.5 Å². The maximum absolute atomic E-state index is 6.20. The van der Waals surface area contributed by atoms with Crippen molar-refractivity contribution < 1.29 is 4.74 Å². The minimum absolute atomic E-state index is 0.238. The monoisotopic (exact) mass is 280 g/mol. The fraction of sp³-hybridized carbons (Fsp3) is 1.00. The molecule has 1 N–H and O–H groups in total. The molecule has 3 heteroatoms. The first kappa shape index (κ1) is 14.8. The van der Waals surface area contributed by atoms with Gasteiger partial charge < -0.3 is 15.0 Å². The van der Waals surface area contributed by atoms with Crippen LogP contribution in [0, 0.1) is 0 Å². The van der Waals surface area contributed by atoms with Gasteiger partial charge in [-0.1, -0.05) is 19.3 Å². The molecular weight excluding hydrogens is 248 g/mol. The van der Waals surface area contributed by atoms with Gasteiger partial charge in [-0.2, -0.15) is 0 Å². The second-order valence-corrected chi connectivity index (χ2v) is 7.36. The minimum atomic E-state index is 0.238. The molecule has 0 radical (unpaired) electrons. The predicted octanol–water partition coefficient (Wildman–Crippen LogP) is 2.94. The molecule has 3 rings (SSSR count). The van der Waals surface area contributed by atoms with Gasteiger partial charge in [-0.05, 0) is 58.5 Å². The summed E-state index contributed by atoms with van der Waals surface area (Å²) in [5.41, 5.74) is 0.238. The molecule has 0 bridgehead atoms. The Morgan fingerprint density at radius 3 is 2.65 bits per heavy atom. The van der Waals surface area contributed by atoms with E-state index >= 15 is 0 Å². The molecule has 116 valence electrons. The largest absolute Gasteiger partial charge is 0.375 e. The summed E-state index contributed by atoms with van der Waals surface area (Å²) in [6, 6.07) is 1.30. The quantitative estimate of drug-likeness (QED) is 0.857. The molecule has 2 atom stereocenters. The Bertz CT molecular complexity index is 290. The Labute approximate surface area is 124 Å². The van der Waals surface area contributed by atoms with Gasteiger partial charge in [-0.25, -0.2) is 0 Å². The Hall–Kier alpha value is -0.120. The maximum atomic E-state index is 6.20. The Morgan fingerprint density at radius 1 is 1.15 bits per heavy atom. The van der Waals surface area contributed by atoms with Gasteiger partial charge in [0, 0.05) is 25.2 Å². The first-order chi connectivity index (χ1) is 9.76. The van der Waals surface area contributed by atoms with E-state index in [-0.39, 0.29) is 5.60 Å². The molecular formula is C17H32N2O. The smallest absolute Gasteiger partial charge is 0.0697 e. The van der Waals surface area contributed by atoms with Gasteiger partial charge in [0.1, 0.15) is 0 Å². The molecule has 2 aliphatic heterocycles. The van der Waals surface area contributed by atoms with E-state index in [1.807, 2.05) is 0 Å². The van der Waals surface area contributed by atoms with E-state index in [1.165, 1.54) is 77.4 Å². The van der Waals surface area contributed by atoms with Crippen molar-refractivity contribution in [3.63, 3.8) is 0 Å². The number of hydrogen-bond acceptors (Lipinski definition) is 3. The van der Waals surface area contributed by atoms with Crippen LogP contribution in [0.4, 0.5) is 0 Å². The zero-order chi connectivity index (χ0) is 13.8. The number of rotatable bonds is 4. The summed E-state index contributed by atoms with van der Waals surface area (Å²) in [5, 5.41) is 3.90. The number of likely N-dealkylation sites (tertiary alicyclic amines) is 1. The molecule has 20 heavy (non-hydrogen) atoms. The Kier molecular flexibility index (Phi) is 5.00. The van der Waals surface area contributed by atoms with Gasteiger partial charge in [0.2, 0.25) is 0 Å². The molecule has 1 aliphatic carbocycles. The summed E-state index contributed by atoms with van der Waals surface area (Å²) in [6.07, 6.45) is 12.0. The van der Waals surface area contributed by atoms with E-state index in [0.717, 1.165) is 6.61 Å². The Morgan fingerprint density at radius 2 is 1.90 bits per heavy atom. The molecule has 0 amide bonds. The summed E-state index contributed by atoms with van der Waals surface area (Å²) in [7, 11) is 0. The molecule has 1 saturated carbocycles. The normalized spacial score (nSPS) is 32.5. The van der Waals surface area contributed by atoms with Gasteiger partial charge in [-0.15, -0.1) is 0 Å². The fourth-order valence-corrected chi connectivity index (χ4v) is 4.52.